The highest BCUT2D eigenvalue weighted by Gasteiger charge is 2.41. The average Bonchev–Trinajstić information content (AvgIpc) is 3.32. The first-order valence-electron chi connectivity index (χ1n) is 12.3. The van der Waals surface area contributed by atoms with Gasteiger partial charge in [-0.2, -0.15) is 0 Å². The summed E-state index contributed by atoms with van der Waals surface area (Å²) in [6.07, 6.45) is 9.71. The molecule has 3 aromatic rings. The molecule has 0 amide bonds. The smallest absolute Gasteiger partial charge is 0.223 e. The van der Waals surface area contributed by atoms with Crippen LogP contribution in [0.15, 0.2) is 36.7 Å². The van der Waals surface area contributed by atoms with Gasteiger partial charge in [-0.1, -0.05) is 25.5 Å². The van der Waals surface area contributed by atoms with Crippen LogP contribution in [0.3, 0.4) is 0 Å². The van der Waals surface area contributed by atoms with Crippen molar-refractivity contribution in [2.45, 2.75) is 63.7 Å². The molecule has 3 heterocycles. The van der Waals surface area contributed by atoms with Gasteiger partial charge in [0.15, 0.2) is 5.79 Å². The molecule has 0 bridgehead atoms. The minimum atomic E-state index is -0.391. The van der Waals surface area contributed by atoms with E-state index in [-0.39, 0.29) is 5.82 Å². The molecular formula is C26H32FN5O2. The summed E-state index contributed by atoms with van der Waals surface area (Å²) in [5.74, 6) is 1.09. The van der Waals surface area contributed by atoms with Gasteiger partial charge in [-0.25, -0.2) is 19.3 Å². The van der Waals surface area contributed by atoms with Gasteiger partial charge in [0.1, 0.15) is 11.6 Å². The van der Waals surface area contributed by atoms with Gasteiger partial charge in [0.05, 0.1) is 24.1 Å². The summed E-state index contributed by atoms with van der Waals surface area (Å²) in [6.45, 7) is 4.92. The van der Waals surface area contributed by atoms with Crippen molar-refractivity contribution in [3.63, 3.8) is 0 Å². The van der Waals surface area contributed by atoms with Crippen molar-refractivity contribution in [3.8, 4) is 0 Å². The van der Waals surface area contributed by atoms with Crippen LogP contribution < -0.4 is 10.6 Å². The molecule has 0 unspecified atom stereocenters. The number of benzene rings is 1. The second kappa shape index (κ2) is 10.2. The molecule has 34 heavy (non-hydrogen) atoms. The summed E-state index contributed by atoms with van der Waals surface area (Å²) in [7, 11) is 0. The molecule has 1 aromatic carbocycles. The Balaban J connectivity index is 1.41. The maximum absolute atomic E-state index is 13.3. The first kappa shape index (κ1) is 22.9. The van der Waals surface area contributed by atoms with E-state index in [2.05, 4.69) is 22.5 Å². The highest BCUT2D eigenvalue weighted by Crippen LogP contribution is 2.44. The number of pyridine rings is 1. The molecule has 1 saturated carbocycles. The lowest BCUT2D eigenvalue weighted by Gasteiger charge is -2.35. The van der Waals surface area contributed by atoms with Gasteiger partial charge < -0.3 is 20.1 Å². The van der Waals surface area contributed by atoms with Gasteiger partial charge in [-0.3, -0.25) is 0 Å². The van der Waals surface area contributed by atoms with Crippen LogP contribution in [0.5, 0.6) is 0 Å². The Labute approximate surface area is 199 Å². The van der Waals surface area contributed by atoms with Crippen LogP contribution in [0.4, 0.5) is 16.2 Å². The number of fused-ring (bicyclic) bond motifs is 1. The highest BCUT2D eigenvalue weighted by molar-refractivity contribution is 5.91. The third kappa shape index (κ3) is 4.98. The molecule has 1 aliphatic heterocycles. The molecule has 1 aliphatic carbocycles. The largest absolute Gasteiger partial charge is 0.365 e. The molecule has 2 fully saturated rings. The molecule has 5 rings (SSSR count). The molecule has 2 aliphatic rings. The van der Waals surface area contributed by atoms with Gasteiger partial charge in [0.2, 0.25) is 5.95 Å². The number of hydrogen-bond donors (Lipinski definition) is 2. The number of hydrogen-bond acceptors (Lipinski definition) is 7. The molecule has 0 atom stereocenters. The van der Waals surface area contributed by atoms with Crippen molar-refractivity contribution in [2.24, 2.45) is 0 Å². The van der Waals surface area contributed by atoms with Crippen LogP contribution in [0.25, 0.3) is 10.9 Å². The van der Waals surface area contributed by atoms with Crippen LogP contribution >= 0.6 is 0 Å². The van der Waals surface area contributed by atoms with E-state index < -0.39 is 5.79 Å². The van der Waals surface area contributed by atoms with E-state index in [0.29, 0.717) is 31.6 Å². The Morgan fingerprint density at radius 1 is 1.03 bits per heavy atom. The molecule has 2 N–H and O–H groups in total. The molecule has 0 radical (unpaired) electrons. The number of unbranched alkanes of at least 4 members (excludes halogenated alkanes) is 1. The van der Waals surface area contributed by atoms with E-state index in [0.717, 1.165) is 72.9 Å². The monoisotopic (exact) mass is 465 g/mol. The van der Waals surface area contributed by atoms with Gasteiger partial charge >= 0.3 is 0 Å². The second-order valence-corrected chi connectivity index (χ2v) is 9.16. The number of halogens is 1. The first-order chi connectivity index (χ1) is 16.7. The topological polar surface area (TPSA) is 81.2 Å². The SMILES string of the molecule is CCCCNc1ncc2c(NCc3ccc(F)cc3)ncc(C3CCC4(CC3)OCCO4)c2n1. The zero-order chi connectivity index (χ0) is 23.4. The van der Waals surface area contributed by atoms with Crippen LogP contribution in [0.1, 0.15) is 62.5 Å². The fraction of sp³-hybridized carbons (Fsp3) is 0.500. The molecule has 1 spiro atoms. The lowest BCUT2D eigenvalue weighted by molar-refractivity contribution is -0.178. The standard InChI is InChI=1S/C26H32FN5O2/c1-2-3-12-28-25-31-17-22-23(32-25)21(19-8-10-26(11-9-19)33-13-14-34-26)16-30-24(22)29-15-18-4-6-20(27)7-5-18/h4-7,16-17,19H,2-3,8-15H2,1H3,(H,29,30)(H,28,31,32). The van der Waals surface area contributed by atoms with E-state index in [1.165, 1.54) is 12.1 Å². The van der Waals surface area contributed by atoms with Crippen molar-refractivity contribution >= 4 is 22.7 Å². The molecule has 7 nitrogen and oxygen atoms in total. The summed E-state index contributed by atoms with van der Waals surface area (Å²) in [4.78, 5) is 14.2. The summed E-state index contributed by atoms with van der Waals surface area (Å²) in [5.41, 5.74) is 3.06. The molecule has 1 saturated heterocycles. The number of ether oxygens (including phenoxy) is 2. The summed E-state index contributed by atoms with van der Waals surface area (Å²) >= 11 is 0. The van der Waals surface area contributed by atoms with E-state index in [1.54, 1.807) is 12.1 Å². The first-order valence-corrected chi connectivity index (χ1v) is 12.3. The number of nitrogens with one attached hydrogen (secondary N) is 2. The van der Waals surface area contributed by atoms with Gasteiger partial charge in [-0.15, -0.1) is 0 Å². The molecule has 8 heteroatoms. The van der Waals surface area contributed by atoms with E-state index in [1.807, 2.05) is 12.4 Å². The fourth-order valence-corrected chi connectivity index (χ4v) is 4.88. The zero-order valence-corrected chi connectivity index (χ0v) is 19.6. The lowest BCUT2D eigenvalue weighted by Crippen LogP contribution is -2.34. The van der Waals surface area contributed by atoms with Crippen molar-refractivity contribution in [3.05, 3.63) is 53.6 Å². The average molecular weight is 466 g/mol. The Morgan fingerprint density at radius 3 is 2.53 bits per heavy atom. The third-order valence-corrected chi connectivity index (χ3v) is 6.84. The van der Waals surface area contributed by atoms with Crippen LogP contribution in [-0.4, -0.2) is 40.5 Å². The lowest BCUT2D eigenvalue weighted by atomic mass is 9.81. The summed E-state index contributed by atoms with van der Waals surface area (Å²) < 4.78 is 25.1. The van der Waals surface area contributed by atoms with Crippen molar-refractivity contribution in [1.82, 2.24) is 15.0 Å². The number of nitrogens with zero attached hydrogens (tertiary/aromatic N) is 3. The van der Waals surface area contributed by atoms with E-state index >= 15 is 0 Å². The third-order valence-electron chi connectivity index (χ3n) is 6.84. The van der Waals surface area contributed by atoms with Gasteiger partial charge in [0.25, 0.3) is 0 Å². The van der Waals surface area contributed by atoms with Gasteiger partial charge in [-0.05, 0) is 42.9 Å². The highest BCUT2D eigenvalue weighted by atomic mass is 19.1. The summed E-state index contributed by atoms with van der Waals surface area (Å²) in [6, 6.07) is 6.49. The van der Waals surface area contributed by atoms with Crippen molar-refractivity contribution in [1.29, 1.82) is 0 Å². The minimum absolute atomic E-state index is 0.240. The molecule has 2 aromatic heterocycles. The maximum Gasteiger partial charge on any atom is 0.223 e. The number of aromatic nitrogens is 3. The van der Waals surface area contributed by atoms with E-state index in [9.17, 15) is 4.39 Å². The van der Waals surface area contributed by atoms with Crippen molar-refractivity contribution < 1.29 is 13.9 Å². The molecular weight excluding hydrogens is 433 g/mol. The van der Waals surface area contributed by atoms with Crippen LogP contribution in [0.2, 0.25) is 0 Å². The maximum atomic E-state index is 13.3. The molecule has 180 valence electrons. The van der Waals surface area contributed by atoms with Crippen LogP contribution in [-0.2, 0) is 16.0 Å². The normalized spacial score (nSPS) is 17.9. The minimum Gasteiger partial charge on any atom is -0.365 e. The fourth-order valence-electron chi connectivity index (χ4n) is 4.88. The zero-order valence-electron chi connectivity index (χ0n) is 19.6. The summed E-state index contributed by atoms with van der Waals surface area (Å²) in [5, 5.41) is 7.64. The Hall–Kier alpha value is -2.84. The predicted octanol–water partition coefficient (Wildman–Crippen LogP) is 5.39. The Bertz CT molecular complexity index is 1110. The quantitative estimate of drug-likeness (QED) is 0.432. The van der Waals surface area contributed by atoms with E-state index in [4.69, 9.17) is 19.4 Å². The Morgan fingerprint density at radius 2 is 1.79 bits per heavy atom. The van der Waals surface area contributed by atoms with Crippen molar-refractivity contribution in [2.75, 3.05) is 30.4 Å². The number of anilines is 2. The van der Waals surface area contributed by atoms with Gasteiger partial charge in [0, 0.05) is 43.9 Å². The Kier molecular flexibility index (Phi) is 6.87. The number of rotatable bonds is 8. The second-order valence-electron chi connectivity index (χ2n) is 9.16. The van der Waals surface area contributed by atoms with Crippen LogP contribution in [0, 0.1) is 5.82 Å². The predicted molar refractivity (Wildman–Crippen MR) is 130 cm³/mol.